The molecular formula is C22H24N4OS. The van der Waals surface area contributed by atoms with Gasteiger partial charge in [0.2, 0.25) is 5.91 Å². The molecule has 144 valence electrons. The van der Waals surface area contributed by atoms with Gasteiger partial charge >= 0.3 is 0 Å². The number of rotatable bonds is 5. The van der Waals surface area contributed by atoms with E-state index in [1.54, 1.807) is 11.3 Å². The average Bonchev–Trinajstić information content (AvgIpc) is 3.08. The van der Waals surface area contributed by atoms with Crippen LogP contribution in [-0.4, -0.2) is 22.4 Å². The SMILES string of the molecule is Cc1csc(CN2CCCc3nc(NC(=O)Cc4ccccc4)c(C)cc32)n1. The molecule has 1 amide bonds. The maximum atomic E-state index is 12.4. The van der Waals surface area contributed by atoms with Crippen molar-refractivity contribution >= 4 is 28.7 Å². The van der Waals surface area contributed by atoms with Crippen LogP contribution in [0.3, 0.4) is 0 Å². The summed E-state index contributed by atoms with van der Waals surface area (Å²) >= 11 is 1.70. The van der Waals surface area contributed by atoms with E-state index in [9.17, 15) is 4.79 Å². The van der Waals surface area contributed by atoms with E-state index in [2.05, 4.69) is 26.6 Å². The van der Waals surface area contributed by atoms with Crippen LogP contribution in [0.5, 0.6) is 0 Å². The van der Waals surface area contributed by atoms with Gasteiger partial charge < -0.3 is 10.2 Å². The van der Waals surface area contributed by atoms with Gasteiger partial charge in [0, 0.05) is 17.6 Å². The minimum absolute atomic E-state index is 0.0346. The van der Waals surface area contributed by atoms with E-state index in [4.69, 9.17) is 4.98 Å². The number of anilines is 2. The fourth-order valence-electron chi connectivity index (χ4n) is 3.54. The molecule has 3 heterocycles. The number of carbonyl (C=O) groups excluding carboxylic acids is 1. The molecule has 0 saturated heterocycles. The normalized spacial score (nSPS) is 13.3. The molecule has 4 rings (SSSR count). The highest BCUT2D eigenvalue weighted by molar-refractivity contribution is 7.09. The maximum absolute atomic E-state index is 12.4. The predicted molar refractivity (Wildman–Crippen MR) is 114 cm³/mol. The zero-order valence-electron chi connectivity index (χ0n) is 16.2. The molecule has 1 aromatic carbocycles. The second-order valence-electron chi connectivity index (χ2n) is 7.24. The largest absolute Gasteiger partial charge is 0.363 e. The van der Waals surface area contributed by atoms with Gasteiger partial charge in [0.05, 0.1) is 24.3 Å². The summed E-state index contributed by atoms with van der Waals surface area (Å²) in [7, 11) is 0. The van der Waals surface area contributed by atoms with Crippen LogP contribution >= 0.6 is 11.3 Å². The van der Waals surface area contributed by atoms with E-state index in [1.807, 2.05) is 44.2 Å². The first kappa shape index (κ1) is 18.6. The summed E-state index contributed by atoms with van der Waals surface area (Å²) in [6, 6.07) is 11.9. The number of aryl methyl sites for hydroxylation is 3. The molecule has 6 heteroatoms. The fraction of sp³-hybridized carbons (Fsp3) is 0.318. The van der Waals surface area contributed by atoms with Gasteiger partial charge in [-0.15, -0.1) is 11.3 Å². The van der Waals surface area contributed by atoms with Crippen LogP contribution in [0.2, 0.25) is 0 Å². The molecule has 0 spiro atoms. The zero-order valence-corrected chi connectivity index (χ0v) is 17.1. The Labute approximate surface area is 169 Å². The Balaban J connectivity index is 1.51. The van der Waals surface area contributed by atoms with Crippen LogP contribution in [0.1, 0.15) is 33.9 Å². The molecule has 0 bridgehead atoms. The van der Waals surface area contributed by atoms with Crippen molar-refractivity contribution in [3.05, 3.63) is 69.3 Å². The second-order valence-corrected chi connectivity index (χ2v) is 8.18. The lowest BCUT2D eigenvalue weighted by Crippen LogP contribution is -2.30. The monoisotopic (exact) mass is 392 g/mol. The highest BCUT2D eigenvalue weighted by atomic mass is 32.1. The van der Waals surface area contributed by atoms with Crippen LogP contribution in [0.25, 0.3) is 0 Å². The summed E-state index contributed by atoms with van der Waals surface area (Å²) in [6.45, 7) is 5.85. The first-order valence-electron chi connectivity index (χ1n) is 9.59. The van der Waals surface area contributed by atoms with E-state index < -0.39 is 0 Å². The molecule has 0 radical (unpaired) electrons. The van der Waals surface area contributed by atoms with Crippen molar-refractivity contribution in [3.63, 3.8) is 0 Å². The molecule has 1 aliphatic rings. The third-order valence-electron chi connectivity index (χ3n) is 4.91. The quantitative estimate of drug-likeness (QED) is 0.704. The number of hydrogen-bond acceptors (Lipinski definition) is 5. The third-order valence-corrected chi connectivity index (χ3v) is 5.86. The second kappa shape index (κ2) is 8.10. The first-order valence-corrected chi connectivity index (χ1v) is 10.5. The van der Waals surface area contributed by atoms with Gasteiger partial charge in [-0.1, -0.05) is 30.3 Å². The number of thiazole rings is 1. The molecule has 2 aromatic heterocycles. The third kappa shape index (κ3) is 4.22. The van der Waals surface area contributed by atoms with Crippen LogP contribution in [0.4, 0.5) is 11.5 Å². The topological polar surface area (TPSA) is 58.1 Å². The molecular weight excluding hydrogens is 368 g/mol. The molecule has 0 unspecified atom stereocenters. The highest BCUT2D eigenvalue weighted by Crippen LogP contribution is 2.31. The Hall–Kier alpha value is -2.73. The summed E-state index contributed by atoms with van der Waals surface area (Å²) in [4.78, 5) is 24.2. The zero-order chi connectivity index (χ0) is 19.5. The van der Waals surface area contributed by atoms with E-state index in [0.29, 0.717) is 12.2 Å². The Morgan fingerprint density at radius 3 is 2.79 bits per heavy atom. The first-order chi connectivity index (χ1) is 13.6. The minimum Gasteiger partial charge on any atom is -0.363 e. The number of aromatic nitrogens is 2. The molecule has 1 aliphatic heterocycles. The number of nitrogens with zero attached hydrogens (tertiary/aromatic N) is 3. The number of benzene rings is 1. The van der Waals surface area contributed by atoms with Gasteiger partial charge in [0.15, 0.2) is 0 Å². The van der Waals surface area contributed by atoms with Crippen molar-refractivity contribution in [3.8, 4) is 0 Å². The lowest BCUT2D eigenvalue weighted by Gasteiger charge is -2.30. The molecule has 0 aliphatic carbocycles. The van der Waals surface area contributed by atoms with E-state index >= 15 is 0 Å². The van der Waals surface area contributed by atoms with Gasteiger partial charge in [0.25, 0.3) is 0 Å². The lowest BCUT2D eigenvalue weighted by molar-refractivity contribution is -0.115. The van der Waals surface area contributed by atoms with E-state index in [-0.39, 0.29) is 5.91 Å². The van der Waals surface area contributed by atoms with Gasteiger partial charge in [-0.3, -0.25) is 4.79 Å². The van der Waals surface area contributed by atoms with Crippen molar-refractivity contribution in [2.24, 2.45) is 0 Å². The van der Waals surface area contributed by atoms with E-state index in [1.165, 1.54) is 0 Å². The number of nitrogens with one attached hydrogen (secondary N) is 1. The van der Waals surface area contributed by atoms with Crippen LogP contribution < -0.4 is 10.2 Å². The van der Waals surface area contributed by atoms with Crippen molar-refractivity contribution in [2.45, 2.75) is 39.7 Å². The van der Waals surface area contributed by atoms with Crippen molar-refractivity contribution in [1.82, 2.24) is 9.97 Å². The van der Waals surface area contributed by atoms with Crippen LogP contribution in [0, 0.1) is 13.8 Å². The summed E-state index contributed by atoms with van der Waals surface area (Å²) < 4.78 is 0. The number of hydrogen-bond donors (Lipinski definition) is 1. The molecule has 0 atom stereocenters. The Bertz CT molecular complexity index is 983. The predicted octanol–water partition coefficient (Wildman–Crippen LogP) is 4.29. The van der Waals surface area contributed by atoms with Gasteiger partial charge in [-0.25, -0.2) is 9.97 Å². The molecule has 5 nitrogen and oxygen atoms in total. The number of fused-ring (bicyclic) bond motifs is 1. The number of carbonyl (C=O) groups is 1. The van der Waals surface area contributed by atoms with Gasteiger partial charge in [-0.2, -0.15) is 0 Å². The molecule has 0 saturated carbocycles. The van der Waals surface area contributed by atoms with Crippen molar-refractivity contribution < 1.29 is 4.79 Å². The molecule has 3 aromatic rings. The van der Waals surface area contributed by atoms with Crippen molar-refractivity contribution in [2.75, 3.05) is 16.8 Å². The summed E-state index contributed by atoms with van der Waals surface area (Å²) in [5, 5.41) is 6.22. The Kier molecular flexibility index (Phi) is 5.39. The smallest absolute Gasteiger partial charge is 0.229 e. The Morgan fingerprint density at radius 2 is 2.04 bits per heavy atom. The van der Waals surface area contributed by atoms with Crippen LogP contribution in [-0.2, 0) is 24.2 Å². The summed E-state index contributed by atoms with van der Waals surface area (Å²) in [5.74, 6) is 0.638. The molecule has 28 heavy (non-hydrogen) atoms. The summed E-state index contributed by atoms with van der Waals surface area (Å²) in [6.07, 6.45) is 2.35. The highest BCUT2D eigenvalue weighted by Gasteiger charge is 2.21. The number of pyridine rings is 1. The van der Waals surface area contributed by atoms with Gasteiger partial charge in [0.1, 0.15) is 10.8 Å². The van der Waals surface area contributed by atoms with Gasteiger partial charge in [-0.05, 0) is 43.9 Å². The lowest BCUT2D eigenvalue weighted by atomic mass is 10.1. The standard InChI is InChI=1S/C22H24N4OS/c1-15-11-19-18(9-6-10-26(19)13-21-23-16(2)14-28-21)24-22(15)25-20(27)12-17-7-4-3-5-8-17/h3-5,7-8,11,14H,6,9-10,12-13H2,1-2H3,(H,24,25,27). The Morgan fingerprint density at radius 1 is 1.21 bits per heavy atom. The molecule has 0 fully saturated rings. The average molecular weight is 393 g/mol. The van der Waals surface area contributed by atoms with Crippen molar-refractivity contribution in [1.29, 1.82) is 0 Å². The minimum atomic E-state index is -0.0346. The summed E-state index contributed by atoms with van der Waals surface area (Å²) in [5.41, 5.74) is 5.28. The fourth-order valence-corrected chi connectivity index (χ4v) is 4.33. The number of amides is 1. The van der Waals surface area contributed by atoms with Crippen LogP contribution in [0.15, 0.2) is 41.8 Å². The maximum Gasteiger partial charge on any atom is 0.229 e. The van der Waals surface area contributed by atoms with E-state index in [0.717, 1.165) is 59.1 Å². The molecule has 1 N–H and O–H groups in total.